The topological polar surface area (TPSA) is 38.9 Å². The highest BCUT2D eigenvalue weighted by Crippen LogP contribution is 2.33. The summed E-state index contributed by atoms with van der Waals surface area (Å²) >= 11 is 5.80. The number of aromatic nitrogens is 1. The Kier molecular flexibility index (Phi) is 3.78. The monoisotopic (exact) mass is 286 g/mol. The van der Waals surface area contributed by atoms with Gasteiger partial charge in [0.05, 0.1) is 11.6 Å². The molecule has 0 bridgehead atoms. The molecule has 2 nitrogen and oxygen atoms in total. The lowest BCUT2D eigenvalue weighted by molar-refractivity contribution is 0.00153. The van der Waals surface area contributed by atoms with Crippen LogP contribution in [-0.2, 0) is 5.92 Å². The van der Waals surface area contributed by atoms with Gasteiger partial charge in [0.1, 0.15) is 11.5 Å². The average Bonchev–Trinajstić information content (AvgIpc) is 2.39. The minimum Gasteiger partial charge on any atom is -0.325 e. The van der Waals surface area contributed by atoms with E-state index in [1.807, 2.05) is 0 Å². The van der Waals surface area contributed by atoms with E-state index in [1.165, 1.54) is 36.5 Å². The highest BCUT2D eigenvalue weighted by atomic mass is 35.5. The second kappa shape index (κ2) is 5.19. The number of halogens is 4. The molecule has 100 valence electrons. The number of nitrogens with zero attached hydrogens (tertiary/aromatic N) is 1. The molecule has 0 unspecified atom stereocenters. The Morgan fingerprint density at radius 1 is 1.16 bits per heavy atom. The quantitative estimate of drug-likeness (QED) is 0.936. The number of rotatable bonds is 3. The first-order valence-electron chi connectivity index (χ1n) is 5.44. The summed E-state index contributed by atoms with van der Waals surface area (Å²) < 4.78 is 39.6. The maximum absolute atomic E-state index is 13.4. The maximum atomic E-state index is 13.4. The Balaban J connectivity index is 2.41. The number of nitrogens with two attached hydrogens (primary N) is 1. The molecular formula is C13H10ClF3N2. The van der Waals surface area contributed by atoms with Crippen LogP contribution in [0, 0.1) is 5.82 Å². The average molecular weight is 287 g/mol. The molecule has 19 heavy (non-hydrogen) atoms. The smallest absolute Gasteiger partial charge is 0.303 e. The van der Waals surface area contributed by atoms with Crippen molar-refractivity contribution in [2.24, 2.45) is 5.73 Å². The lowest BCUT2D eigenvalue weighted by Crippen LogP contribution is -2.26. The number of alkyl halides is 2. The van der Waals surface area contributed by atoms with Crippen LogP contribution in [0.15, 0.2) is 36.5 Å². The third-order valence-electron chi connectivity index (χ3n) is 2.62. The van der Waals surface area contributed by atoms with Gasteiger partial charge in [-0.3, -0.25) is 4.98 Å². The van der Waals surface area contributed by atoms with Gasteiger partial charge in [-0.15, -0.1) is 0 Å². The Morgan fingerprint density at radius 2 is 1.79 bits per heavy atom. The highest BCUT2D eigenvalue weighted by Gasteiger charge is 2.33. The highest BCUT2D eigenvalue weighted by molar-refractivity contribution is 6.31. The zero-order valence-electron chi connectivity index (χ0n) is 9.71. The molecule has 1 heterocycles. The van der Waals surface area contributed by atoms with E-state index in [0.717, 1.165) is 0 Å². The summed E-state index contributed by atoms with van der Waals surface area (Å²) in [6.07, 6.45) is 1.26. The molecule has 1 aromatic carbocycles. The minimum atomic E-state index is -3.27. The molecule has 1 aromatic heterocycles. The zero-order chi connectivity index (χ0) is 14.0. The van der Waals surface area contributed by atoms with Crippen LogP contribution in [0.25, 0.3) is 11.1 Å². The van der Waals surface area contributed by atoms with Crippen molar-refractivity contribution in [1.29, 1.82) is 0 Å². The molecule has 2 rings (SSSR count). The third-order valence-corrected chi connectivity index (χ3v) is 2.91. The van der Waals surface area contributed by atoms with Crippen LogP contribution in [0.2, 0.25) is 5.02 Å². The molecule has 0 amide bonds. The van der Waals surface area contributed by atoms with Gasteiger partial charge in [-0.2, -0.15) is 8.78 Å². The molecule has 2 N–H and O–H groups in total. The summed E-state index contributed by atoms with van der Waals surface area (Å²) in [5, 5.41) is -0.169. The molecule has 0 spiro atoms. The van der Waals surface area contributed by atoms with Crippen molar-refractivity contribution < 1.29 is 13.2 Å². The van der Waals surface area contributed by atoms with Crippen molar-refractivity contribution in [3.63, 3.8) is 0 Å². The standard InChI is InChI=1S/C13H10ClF3N2/c14-11-5-9(8-1-3-10(15)4-2-8)6-19-12(11)13(16,17)7-18/h1-6H,7,18H2. The summed E-state index contributed by atoms with van der Waals surface area (Å²) in [6, 6.07) is 6.94. The van der Waals surface area contributed by atoms with E-state index in [4.69, 9.17) is 17.3 Å². The summed E-state index contributed by atoms with van der Waals surface area (Å²) in [5.41, 5.74) is 5.60. The fraction of sp³-hybridized carbons (Fsp3) is 0.154. The zero-order valence-corrected chi connectivity index (χ0v) is 10.5. The summed E-state index contributed by atoms with van der Waals surface area (Å²) in [4.78, 5) is 3.66. The molecule has 0 aliphatic heterocycles. The first-order chi connectivity index (χ1) is 8.94. The fourth-order valence-corrected chi connectivity index (χ4v) is 1.91. The van der Waals surface area contributed by atoms with Crippen molar-refractivity contribution in [3.8, 4) is 11.1 Å². The van der Waals surface area contributed by atoms with Gasteiger partial charge >= 0.3 is 5.92 Å². The van der Waals surface area contributed by atoms with Crippen molar-refractivity contribution in [1.82, 2.24) is 4.98 Å². The minimum absolute atomic E-state index is 0.169. The molecule has 0 saturated carbocycles. The van der Waals surface area contributed by atoms with E-state index < -0.39 is 18.2 Å². The SMILES string of the molecule is NCC(F)(F)c1ncc(-c2ccc(F)cc2)cc1Cl. The van der Waals surface area contributed by atoms with E-state index in [9.17, 15) is 13.2 Å². The van der Waals surface area contributed by atoms with Crippen molar-refractivity contribution in [2.75, 3.05) is 6.54 Å². The second-order valence-corrected chi connectivity index (χ2v) is 4.38. The van der Waals surface area contributed by atoms with Crippen LogP contribution < -0.4 is 5.73 Å². The Hall–Kier alpha value is -1.59. The van der Waals surface area contributed by atoms with Crippen LogP contribution in [0.1, 0.15) is 5.69 Å². The van der Waals surface area contributed by atoms with Crippen LogP contribution in [0.4, 0.5) is 13.2 Å². The fourth-order valence-electron chi connectivity index (χ4n) is 1.60. The summed E-state index contributed by atoms with van der Waals surface area (Å²) in [6.45, 7) is -0.865. The van der Waals surface area contributed by atoms with E-state index >= 15 is 0 Å². The molecule has 0 fully saturated rings. The van der Waals surface area contributed by atoms with Gasteiger partial charge in [0, 0.05) is 11.8 Å². The molecule has 0 radical (unpaired) electrons. The number of benzene rings is 1. The largest absolute Gasteiger partial charge is 0.325 e. The number of hydrogen-bond donors (Lipinski definition) is 1. The van der Waals surface area contributed by atoms with E-state index in [-0.39, 0.29) is 10.8 Å². The Morgan fingerprint density at radius 3 is 2.32 bits per heavy atom. The number of hydrogen-bond acceptors (Lipinski definition) is 2. The van der Waals surface area contributed by atoms with Crippen LogP contribution in [-0.4, -0.2) is 11.5 Å². The van der Waals surface area contributed by atoms with Crippen LogP contribution in [0.3, 0.4) is 0 Å². The summed E-state index contributed by atoms with van der Waals surface area (Å²) in [5.74, 6) is -3.65. The van der Waals surface area contributed by atoms with Gasteiger partial charge in [-0.05, 0) is 23.8 Å². The normalized spacial score (nSPS) is 11.6. The van der Waals surface area contributed by atoms with Gasteiger partial charge in [0.25, 0.3) is 0 Å². The van der Waals surface area contributed by atoms with Gasteiger partial charge < -0.3 is 5.73 Å². The van der Waals surface area contributed by atoms with Crippen molar-refractivity contribution in [3.05, 3.63) is 53.1 Å². The van der Waals surface area contributed by atoms with E-state index in [2.05, 4.69) is 4.98 Å². The molecule has 0 aliphatic rings. The van der Waals surface area contributed by atoms with E-state index in [0.29, 0.717) is 11.1 Å². The first kappa shape index (κ1) is 13.8. The third kappa shape index (κ3) is 2.88. The van der Waals surface area contributed by atoms with Gasteiger partial charge in [-0.25, -0.2) is 4.39 Å². The number of pyridine rings is 1. The van der Waals surface area contributed by atoms with Crippen molar-refractivity contribution >= 4 is 11.6 Å². The molecule has 0 saturated heterocycles. The second-order valence-electron chi connectivity index (χ2n) is 3.97. The van der Waals surface area contributed by atoms with Crippen LogP contribution >= 0.6 is 11.6 Å². The van der Waals surface area contributed by atoms with Gasteiger partial charge in [0.2, 0.25) is 0 Å². The predicted octanol–water partition coefficient (Wildman–Crippen LogP) is 3.59. The molecular weight excluding hydrogens is 277 g/mol. The van der Waals surface area contributed by atoms with E-state index in [1.54, 1.807) is 0 Å². The van der Waals surface area contributed by atoms with Crippen molar-refractivity contribution in [2.45, 2.75) is 5.92 Å². The lowest BCUT2D eigenvalue weighted by atomic mass is 10.1. The predicted molar refractivity (Wildman–Crippen MR) is 67.6 cm³/mol. The Labute approximate surface area is 113 Å². The lowest BCUT2D eigenvalue weighted by Gasteiger charge is -2.15. The summed E-state index contributed by atoms with van der Waals surface area (Å²) in [7, 11) is 0. The maximum Gasteiger partial charge on any atom is 0.303 e. The molecule has 0 atom stereocenters. The van der Waals surface area contributed by atoms with Crippen LogP contribution in [0.5, 0.6) is 0 Å². The van der Waals surface area contributed by atoms with Gasteiger partial charge in [-0.1, -0.05) is 23.7 Å². The van der Waals surface area contributed by atoms with Gasteiger partial charge in [0.15, 0.2) is 0 Å². The molecule has 2 aromatic rings. The first-order valence-corrected chi connectivity index (χ1v) is 5.81. The molecule has 0 aliphatic carbocycles. The Bertz CT molecular complexity index is 585. The molecule has 6 heteroatoms.